The number of allylic oxidation sites excluding steroid dienone is 2. The van der Waals surface area contributed by atoms with E-state index in [-0.39, 0.29) is 17.5 Å². The third kappa shape index (κ3) is 4.27. The summed E-state index contributed by atoms with van der Waals surface area (Å²) in [5, 5.41) is 1.35. The van der Waals surface area contributed by atoms with Crippen LogP contribution in [0.25, 0.3) is 10.9 Å². The molecule has 0 radical (unpaired) electrons. The molecule has 0 bridgehead atoms. The predicted molar refractivity (Wildman–Crippen MR) is 118 cm³/mol. The van der Waals surface area contributed by atoms with Crippen LogP contribution in [0.15, 0.2) is 46.0 Å². The van der Waals surface area contributed by atoms with Gasteiger partial charge in [-0.1, -0.05) is 42.8 Å². The Hall–Kier alpha value is -2.08. The molecule has 1 saturated carbocycles. The summed E-state index contributed by atoms with van der Waals surface area (Å²) >= 11 is 1.41. The quantitative estimate of drug-likeness (QED) is 0.501. The Labute approximate surface area is 176 Å². The molecule has 154 valence electrons. The van der Waals surface area contributed by atoms with E-state index in [2.05, 4.69) is 6.08 Å². The maximum Gasteiger partial charge on any atom is 0.262 e. The lowest BCUT2D eigenvalue weighted by Gasteiger charge is -2.26. The van der Waals surface area contributed by atoms with Crippen molar-refractivity contribution in [2.45, 2.75) is 69.5 Å². The first-order valence-electron chi connectivity index (χ1n) is 10.8. The normalized spacial score (nSPS) is 17.5. The lowest BCUT2D eigenvalue weighted by atomic mass is 10.0. The van der Waals surface area contributed by atoms with Gasteiger partial charge < -0.3 is 4.90 Å². The van der Waals surface area contributed by atoms with Crippen molar-refractivity contribution in [2.75, 3.05) is 12.3 Å². The number of amides is 1. The highest BCUT2D eigenvalue weighted by molar-refractivity contribution is 7.99. The zero-order valence-electron chi connectivity index (χ0n) is 17.1. The molecular formula is C23H29N3O2S. The number of hydrogen-bond acceptors (Lipinski definition) is 4. The number of para-hydroxylation sites is 1. The molecule has 0 atom stereocenters. The zero-order chi connectivity index (χ0) is 20.2. The second-order valence-corrected chi connectivity index (χ2v) is 8.84. The van der Waals surface area contributed by atoms with E-state index < -0.39 is 0 Å². The molecule has 6 heteroatoms. The number of aromatic nitrogens is 2. The van der Waals surface area contributed by atoms with Crippen LogP contribution in [0.3, 0.4) is 0 Å². The molecule has 0 unspecified atom stereocenters. The number of rotatable bonds is 6. The average molecular weight is 412 g/mol. The molecule has 1 aromatic heterocycles. The number of carbonyl (C=O) groups is 1. The molecule has 1 heterocycles. The molecule has 0 aliphatic heterocycles. The van der Waals surface area contributed by atoms with Crippen molar-refractivity contribution in [1.29, 1.82) is 0 Å². The van der Waals surface area contributed by atoms with E-state index in [9.17, 15) is 9.59 Å². The topological polar surface area (TPSA) is 55.2 Å². The van der Waals surface area contributed by atoms with Gasteiger partial charge in [-0.15, -0.1) is 0 Å². The van der Waals surface area contributed by atoms with Gasteiger partial charge in [0.15, 0.2) is 5.16 Å². The fourth-order valence-corrected chi connectivity index (χ4v) is 5.46. The number of fused-ring (bicyclic) bond motifs is 1. The summed E-state index contributed by atoms with van der Waals surface area (Å²) in [4.78, 5) is 32.9. The van der Waals surface area contributed by atoms with Crippen LogP contribution < -0.4 is 5.56 Å². The van der Waals surface area contributed by atoms with Crippen LogP contribution >= 0.6 is 11.8 Å². The molecule has 1 aromatic carbocycles. The van der Waals surface area contributed by atoms with Gasteiger partial charge in [0.25, 0.3) is 5.56 Å². The van der Waals surface area contributed by atoms with E-state index in [1.54, 1.807) is 0 Å². The number of hydrogen-bond donors (Lipinski definition) is 0. The van der Waals surface area contributed by atoms with E-state index in [0.29, 0.717) is 28.4 Å². The Kier molecular flexibility index (Phi) is 6.38. The van der Waals surface area contributed by atoms with Crippen molar-refractivity contribution < 1.29 is 4.79 Å². The van der Waals surface area contributed by atoms with Crippen molar-refractivity contribution in [2.24, 2.45) is 0 Å². The lowest BCUT2D eigenvalue weighted by molar-refractivity contribution is -0.126. The summed E-state index contributed by atoms with van der Waals surface area (Å²) in [7, 11) is 0. The van der Waals surface area contributed by atoms with Crippen LogP contribution in [0.5, 0.6) is 0 Å². The summed E-state index contributed by atoms with van der Waals surface area (Å²) < 4.78 is 1.86. The Bertz CT molecular complexity index is 976. The predicted octanol–water partition coefficient (Wildman–Crippen LogP) is 4.91. The molecule has 29 heavy (non-hydrogen) atoms. The summed E-state index contributed by atoms with van der Waals surface area (Å²) in [6.45, 7) is 2.71. The van der Waals surface area contributed by atoms with Crippen molar-refractivity contribution in [3.05, 3.63) is 46.4 Å². The van der Waals surface area contributed by atoms with Gasteiger partial charge >= 0.3 is 0 Å². The van der Waals surface area contributed by atoms with Crippen molar-refractivity contribution in [1.82, 2.24) is 14.5 Å². The summed E-state index contributed by atoms with van der Waals surface area (Å²) in [5.41, 5.74) is 1.90. The van der Waals surface area contributed by atoms with E-state index in [0.717, 1.165) is 50.6 Å². The van der Waals surface area contributed by atoms with Gasteiger partial charge in [0.05, 0.1) is 16.7 Å². The molecule has 2 aliphatic rings. The highest BCUT2D eigenvalue weighted by atomic mass is 32.2. The number of nitrogens with zero attached hydrogens (tertiary/aromatic N) is 3. The number of carbonyl (C=O) groups excluding carboxylic acids is 1. The van der Waals surface area contributed by atoms with Crippen molar-refractivity contribution in [3.63, 3.8) is 0 Å². The molecule has 5 nitrogen and oxygen atoms in total. The minimum absolute atomic E-state index is 0.0276. The maximum atomic E-state index is 13.2. The van der Waals surface area contributed by atoms with Crippen LogP contribution in [0.2, 0.25) is 0 Å². The van der Waals surface area contributed by atoms with E-state index in [1.165, 1.54) is 18.2 Å². The largest absolute Gasteiger partial charge is 0.316 e. The standard InChI is InChI=1S/C23H29N3O2S/c1-2-25(17-10-4-3-5-11-17)21(27)16-29-23-24-20-15-9-8-14-19(20)22(28)26(23)18-12-6-7-13-18/h8-10,14-15,18H,2-7,11-13,16H2,1H3. The SMILES string of the molecule is CCN(C(=O)CSc1nc2ccccc2c(=O)n1C1CCCC1)C1=CCCCC1. The highest BCUT2D eigenvalue weighted by Gasteiger charge is 2.24. The number of thioether (sulfide) groups is 1. The molecule has 1 fully saturated rings. The van der Waals surface area contributed by atoms with E-state index >= 15 is 0 Å². The van der Waals surface area contributed by atoms with Crippen LogP contribution in [-0.2, 0) is 4.79 Å². The lowest BCUT2D eigenvalue weighted by Crippen LogP contribution is -2.33. The second-order valence-electron chi connectivity index (χ2n) is 7.89. The minimum Gasteiger partial charge on any atom is -0.316 e. The third-order valence-electron chi connectivity index (χ3n) is 6.02. The van der Waals surface area contributed by atoms with Crippen LogP contribution in [0.4, 0.5) is 0 Å². The maximum absolute atomic E-state index is 13.2. The van der Waals surface area contributed by atoms with Crippen molar-refractivity contribution >= 4 is 28.6 Å². The van der Waals surface area contributed by atoms with Gasteiger partial charge in [0.1, 0.15) is 0 Å². The van der Waals surface area contributed by atoms with Crippen LogP contribution in [0.1, 0.15) is 64.3 Å². The molecule has 0 spiro atoms. The first-order valence-corrected chi connectivity index (χ1v) is 11.8. The Morgan fingerprint density at radius 2 is 2.00 bits per heavy atom. The van der Waals surface area contributed by atoms with Crippen LogP contribution in [-0.4, -0.2) is 32.7 Å². The Balaban J connectivity index is 1.61. The van der Waals surface area contributed by atoms with Crippen molar-refractivity contribution in [3.8, 4) is 0 Å². The summed E-state index contributed by atoms with van der Waals surface area (Å²) in [6.07, 6.45) is 10.9. The molecule has 2 aromatic rings. The highest BCUT2D eigenvalue weighted by Crippen LogP contribution is 2.32. The first kappa shape index (κ1) is 20.2. The molecule has 4 rings (SSSR count). The monoisotopic (exact) mass is 411 g/mol. The Morgan fingerprint density at radius 1 is 1.21 bits per heavy atom. The fraction of sp³-hybridized carbons (Fsp3) is 0.522. The van der Waals surface area contributed by atoms with Crippen LogP contribution in [0, 0.1) is 0 Å². The minimum atomic E-state index is 0.0276. The van der Waals surface area contributed by atoms with Gasteiger partial charge in [-0.05, 0) is 57.6 Å². The van der Waals surface area contributed by atoms with Gasteiger partial charge in [-0.2, -0.15) is 0 Å². The van der Waals surface area contributed by atoms with Gasteiger partial charge in [0, 0.05) is 18.3 Å². The van der Waals surface area contributed by atoms with Gasteiger partial charge in [-0.25, -0.2) is 4.98 Å². The van der Waals surface area contributed by atoms with Gasteiger partial charge in [0.2, 0.25) is 5.91 Å². The van der Waals surface area contributed by atoms with E-state index in [1.807, 2.05) is 40.7 Å². The molecule has 0 saturated heterocycles. The third-order valence-corrected chi connectivity index (χ3v) is 6.96. The second kappa shape index (κ2) is 9.16. The average Bonchev–Trinajstić information content (AvgIpc) is 3.28. The first-order chi connectivity index (χ1) is 14.2. The fourth-order valence-electron chi connectivity index (χ4n) is 4.52. The summed E-state index contributed by atoms with van der Waals surface area (Å²) in [5.74, 6) is 0.411. The summed E-state index contributed by atoms with van der Waals surface area (Å²) in [6, 6.07) is 7.72. The molecule has 0 N–H and O–H groups in total. The van der Waals surface area contributed by atoms with Gasteiger partial charge in [-0.3, -0.25) is 14.2 Å². The molecular weight excluding hydrogens is 382 g/mol. The molecule has 2 aliphatic carbocycles. The zero-order valence-corrected chi connectivity index (χ0v) is 17.9. The number of benzene rings is 1. The Morgan fingerprint density at radius 3 is 2.72 bits per heavy atom. The smallest absolute Gasteiger partial charge is 0.262 e. The molecule has 1 amide bonds. The van der Waals surface area contributed by atoms with E-state index in [4.69, 9.17) is 4.98 Å².